The maximum absolute atomic E-state index is 12.2. The van der Waals surface area contributed by atoms with E-state index < -0.39 is 0 Å². The Morgan fingerprint density at radius 2 is 1.88 bits per heavy atom. The van der Waals surface area contributed by atoms with Crippen molar-refractivity contribution < 1.29 is 14.3 Å². The highest BCUT2D eigenvalue weighted by molar-refractivity contribution is 6.34. The van der Waals surface area contributed by atoms with E-state index in [2.05, 4.69) is 10.2 Å². The number of amides is 2. The molecule has 0 radical (unpaired) electrons. The number of nitrogens with zero attached hydrogens (tertiary/aromatic N) is 2. The molecule has 2 amide bonds. The summed E-state index contributed by atoms with van der Waals surface area (Å²) in [6.07, 6.45) is 0.132. The van der Waals surface area contributed by atoms with Crippen molar-refractivity contribution in [1.29, 1.82) is 0 Å². The van der Waals surface area contributed by atoms with Crippen molar-refractivity contribution in [1.82, 2.24) is 9.80 Å². The van der Waals surface area contributed by atoms with Crippen LogP contribution in [-0.4, -0.2) is 61.1 Å². The Morgan fingerprint density at radius 1 is 1.20 bits per heavy atom. The number of aryl methyl sites for hydroxylation is 2. The van der Waals surface area contributed by atoms with E-state index in [1.807, 2.05) is 26.0 Å². The van der Waals surface area contributed by atoms with Gasteiger partial charge < -0.3 is 15.0 Å². The van der Waals surface area contributed by atoms with Crippen LogP contribution < -0.4 is 5.32 Å². The summed E-state index contributed by atoms with van der Waals surface area (Å²) in [5.74, 6) is -0.0540. The average Bonchev–Trinajstić information content (AvgIpc) is 2.57. The highest BCUT2D eigenvalue weighted by Gasteiger charge is 2.22. The first kappa shape index (κ1) is 19.5. The van der Waals surface area contributed by atoms with Crippen LogP contribution in [0.25, 0.3) is 0 Å². The molecule has 1 fully saturated rings. The minimum Gasteiger partial charge on any atom is -0.450 e. The van der Waals surface area contributed by atoms with Crippen molar-refractivity contribution >= 4 is 29.3 Å². The molecule has 138 valence electrons. The van der Waals surface area contributed by atoms with E-state index in [0.717, 1.165) is 24.2 Å². The molecule has 2 rings (SSSR count). The Bertz CT molecular complexity index is 605. The van der Waals surface area contributed by atoms with Gasteiger partial charge in [-0.1, -0.05) is 17.7 Å². The second-order valence-corrected chi connectivity index (χ2v) is 6.67. The zero-order valence-electron chi connectivity index (χ0n) is 15.1. The summed E-state index contributed by atoms with van der Waals surface area (Å²) >= 11 is 6.22. The van der Waals surface area contributed by atoms with Crippen LogP contribution in [0.15, 0.2) is 12.1 Å². The van der Waals surface area contributed by atoms with Crippen LogP contribution in [0, 0.1) is 13.8 Å². The van der Waals surface area contributed by atoms with Gasteiger partial charge in [-0.2, -0.15) is 0 Å². The maximum atomic E-state index is 12.2. The number of hydrogen-bond donors (Lipinski definition) is 1. The maximum Gasteiger partial charge on any atom is 0.409 e. The molecule has 1 saturated heterocycles. The lowest BCUT2D eigenvalue weighted by Gasteiger charge is -2.33. The molecule has 6 nitrogen and oxygen atoms in total. The topological polar surface area (TPSA) is 61.9 Å². The lowest BCUT2D eigenvalue weighted by molar-refractivity contribution is -0.116. The van der Waals surface area contributed by atoms with Gasteiger partial charge in [0.15, 0.2) is 0 Å². The van der Waals surface area contributed by atoms with E-state index in [4.69, 9.17) is 16.3 Å². The standard InChI is InChI=1S/C18H26ClN3O3/c1-4-25-18(24)22-9-7-21(8-10-22)6-5-16(23)20-17-14(3)11-13(2)12-15(17)19/h11-12H,4-10H2,1-3H3,(H,20,23). The molecule has 0 atom stereocenters. The van der Waals surface area contributed by atoms with Gasteiger partial charge in [-0.25, -0.2) is 4.79 Å². The van der Waals surface area contributed by atoms with Gasteiger partial charge in [-0.05, 0) is 38.0 Å². The third-order valence-electron chi connectivity index (χ3n) is 4.25. The van der Waals surface area contributed by atoms with Crippen LogP contribution >= 0.6 is 11.6 Å². The Hall–Kier alpha value is -1.79. The first-order valence-corrected chi connectivity index (χ1v) is 8.99. The minimum absolute atomic E-state index is 0.0540. The predicted octanol–water partition coefficient (Wildman–Crippen LogP) is 3.06. The van der Waals surface area contributed by atoms with Crippen molar-refractivity contribution in [2.45, 2.75) is 27.2 Å². The molecule has 7 heteroatoms. The average molecular weight is 368 g/mol. The lowest BCUT2D eigenvalue weighted by atomic mass is 10.1. The Labute approximate surface area is 154 Å². The zero-order valence-corrected chi connectivity index (χ0v) is 15.9. The third kappa shape index (κ3) is 5.61. The monoisotopic (exact) mass is 367 g/mol. The van der Waals surface area contributed by atoms with Crippen molar-refractivity contribution in [3.8, 4) is 0 Å². The van der Waals surface area contributed by atoms with Crippen LogP contribution in [0.4, 0.5) is 10.5 Å². The molecule has 1 aromatic carbocycles. The summed E-state index contributed by atoms with van der Waals surface area (Å²) in [7, 11) is 0. The highest BCUT2D eigenvalue weighted by Crippen LogP contribution is 2.27. The number of carbonyl (C=O) groups excluding carboxylic acids is 2. The number of rotatable bonds is 5. The first-order valence-electron chi connectivity index (χ1n) is 8.61. The normalized spacial score (nSPS) is 15.1. The predicted molar refractivity (Wildman–Crippen MR) is 99.2 cm³/mol. The van der Waals surface area contributed by atoms with Crippen molar-refractivity contribution in [3.05, 3.63) is 28.3 Å². The molecule has 0 saturated carbocycles. The molecule has 0 aromatic heterocycles. The molecular formula is C18H26ClN3O3. The number of benzene rings is 1. The molecule has 0 bridgehead atoms. The second-order valence-electron chi connectivity index (χ2n) is 6.26. The Morgan fingerprint density at radius 3 is 2.48 bits per heavy atom. The number of carbonyl (C=O) groups is 2. The van der Waals surface area contributed by atoms with E-state index in [-0.39, 0.29) is 12.0 Å². The van der Waals surface area contributed by atoms with Gasteiger partial charge in [-0.3, -0.25) is 9.69 Å². The fraction of sp³-hybridized carbons (Fsp3) is 0.556. The van der Waals surface area contributed by atoms with E-state index in [0.29, 0.717) is 43.4 Å². The van der Waals surface area contributed by atoms with Crippen molar-refractivity contribution in [2.24, 2.45) is 0 Å². The lowest BCUT2D eigenvalue weighted by Crippen LogP contribution is -2.49. The van der Waals surface area contributed by atoms with Crippen LogP contribution in [-0.2, 0) is 9.53 Å². The van der Waals surface area contributed by atoms with Gasteiger partial charge >= 0.3 is 6.09 Å². The van der Waals surface area contributed by atoms with Gasteiger partial charge in [0.2, 0.25) is 5.91 Å². The number of hydrogen-bond acceptors (Lipinski definition) is 4. The molecule has 0 spiro atoms. The van der Waals surface area contributed by atoms with Crippen molar-refractivity contribution in [2.75, 3.05) is 44.6 Å². The largest absolute Gasteiger partial charge is 0.450 e. The van der Waals surface area contributed by atoms with E-state index in [1.54, 1.807) is 11.8 Å². The number of ether oxygens (including phenoxy) is 1. The van der Waals surface area contributed by atoms with E-state index in [1.165, 1.54) is 0 Å². The van der Waals surface area contributed by atoms with Gasteiger partial charge in [0, 0.05) is 39.1 Å². The summed E-state index contributed by atoms with van der Waals surface area (Å²) in [6.45, 7) is 9.50. The molecule has 0 unspecified atom stereocenters. The second kappa shape index (κ2) is 9.06. The molecule has 1 N–H and O–H groups in total. The molecule has 0 aliphatic carbocycles. The zero-order chi connectivity index (χ0) is 18.4. The summed E-state index contributed by atoms with van der Waals surface area (Å²) in [4.78, 5) is 27.8. The Kier molecular flexibility index (Phi) is 7.08. The van der Waals surface area contributed by atoms with Gasteiger partial charge in [-0.15, -0.1) is 0 Å². The molecule has 1 aliphatic rings. The molecule has 25 heavy (non-hydrogen) atoms. The Balaban J connectivity index is 1.77. The van der Waals surface area contributed by atoms with Crippen LogP contribution in [0.2, 0.25) is 5.02 Å². The fourth-order valence-electron chi connectivity index (χ4n) is 2.90. The van der Waals surface area contributed by atoms with Crippen molar-refractivity contribution in [3.63, 3.8) is 0 Å². The smallest absolute Gasteiger partial charge is 0.409 e. The third-order valence-corrected chi connectivity index (χ3v) is 4.55. The minimum atomic E-state index is -0.260. The quantitative estimate of drug-likeness (QED) is 0.868. The van der Waals surface area contributed by atoms with E-state index >= 15 is 0 Å². The van der Waals surface area contributed by atoms with E-state index in [9.17, 15) is 9.59 Å². The number of halogens is 1. The number of anilines is 1. The molecular weight excluding hydrogens is 342 g/mol. The summed E-state index contributed by atoms with van der Waals surface area (Å²) < 4.78 is 5.00. The molecule has 1 heterocycles. The highest BCUT2D eigenvalue weighted by atomic mass is 35.5. The van der Waals surface area contributed by atoms with Gasteiger partial charge in [0.25, 0.3) is 0 Å². The summed E-state index contributed by atoms with van der Waals surface area (Å²) in [5, 5.41) is 3.47. The molecule has 1 aliphatic heterocycles. The van der Waals surface area contributed by atoms with Crippen LogP contribution in [0.1, 0.15) is 24.5 Å². The molecule has 1 aromatic rings. The van der Waals surface area contributed by atoms with Crippen LogP contribution in [0.3, 0.4) is 0 Å². The SMILES string of the molecule is CCOC(=O)N1CCN(CCC(=O)Nc2c(C)cc(C)cc2Cl)CC1. The van der Waals surface area contributed by atoms with Gasteiger partial charge in [0.1, 0.15) is 0 Å². The first-order chi connectivity index (χ1) is 11.9. The number of piperazine rings is 1. The van der Waals surface area contributed by atoms with Gasteiger partial charge in [0.05, 0.1) is 17.3 Å². The number of nitrogens with one attached hydrogen (secondary N) is 1. The summed E-state index contributed by atoms with van der Waals surface area (Å²) in [5.41, 5.74) is 2.71. The van der Waals surface area contributed by atoms with Crippen LogP contribution in [0.5, 0.6) is 0 Å². The fourth-order valence-corrected chi connectivity index (χ4v) is 3.27. The summed E-state index contributed by atoms with van der Waals surface area (Å²) in [6, 6.07) is 3.84.